The lowest BCUT2D eigenvalue weighted by atomic mass is 10.0. The van der Waals surface area contributed by atoms with Crippen LogP contribution >= 0.6 is 0 Å². The number of hydrogen-bond donors (Lipinski definition) is 4. The van der Waals surface area contributed by atoms with E-state index in [4.69, 9.17) is 25.2 Å². The SMILES string of the molecule is CC(C)CCCCCc1ccc(O)cc1.CC(C)CCCCCc1ccc(O)cc1.O=C(O)O. The van der Waals surface area contributed by atoms with Crippen molar-refractivity contribution >= 4 is 6.16 Å². The molecule has 0 heterocycles. The van der Waals surface area contributed by atoms with Crippen molar-refractivity contribution in [3.05, 3.63) is 59.7 Å². The fourth-order valence-electron chi connectivity index (χ4n) is 3.44. The molecular formula is C29H46O5. The number of phenols is 2. The predicted molar refractivity (Wildman–Crippen MR) is 141 cm³/mol. The Bertz CT molecular complexity index is 673. The zero-order valence-electron chi connectivity index (χ0n) is 21.5. The van der Waals surface area contributed by atoms with Gasteiger partial charge >= 0.3 is 6.16 Å². The fraction of sp³-hybridized carbons (Fsp3) is 0.552. The molecule has 4 N–H and O–H groups in total. The summed E-state index contributed by atoms with van der Waals surface area (Å²) in [5.74, 6) is 2.38. The molecule has 0 aromatic heterocycles. The predicted octanol–water partition coefficient (Wildman–Crippen LogP) is 8.52. The topological polar surface area (TPSA) is 98.0 Å². The molecule has 2 rings (SSSR count). The second-order valence-corrected chi connectivity index (χ2v) is 9.60. The van der Waals surface area contributed by atoms with Crippen molar-refractivity contribution in [2.24, 2.45) is 11.8 Å². The summed E-state index contributed by atoms with van der Waals surface area (Å²) in [5, 5.41) is 32.2. The Morgan fingerprint density at radius 1 is 0.588 bits per heavy atom. The van der Waals surface area contributed by atoms with Crippen LogP contribution < -0.4 is 0 Å². The lowest BCUT2D eigenvalue weighted by Crippen LogP contribution is -1.89. The maximum absolute atomic E-state index is 9.13. The van der Waals surface area contributed by atoms with Crippen LogP contribution in [0.3, 0.4) is 0 Å². The number of unbranched alkanes of at least 4 members (excludes halogenated alkanes) is 4. The van der Waals surface area contributed by atoms with Gasteiger partial charge in [-0.1, -0.05) is 90.5 Å². The van der Waals surface area contributed by atoms with Crippen LogP contribution in [0.2, 0.25) is 0 Å². The van der Waals surface area contributed by atoms with E-state index in [1.165, 1.54) is 62.5 Å². The van der Waals surface area contributed by atoms with Crippen LogP contribution in [0.15, 0.2) is 48.5 Å². The van der Waals surface area contributed by atoms with Gasteiger partial charge < -0.3 is 20.4 Å². The van der Waals surface area contributed by atoms with Crippen molar-refractivity contribution in [3.8, 4) is 11.5 Å². The lowest BCUT2D eigenvalue weighted by molar-refractivity contribution is 0.137. The van der Waals surface area contributed by atoms with Gasteiger partial charge in [0.2, 0.25) is 0 Å². The van der Waals surface area contributed by atoms with Crippen LogP contribution in [-0.2, 0) is 12.8 Å². The molecule has 0 unspecified atom stereocenters. The molecule has 0 spiro atoms. The number of carboxylic acid groups (broad SMARTS) is 2. The summed E-state index contributed by atoms with van der Waals surface area (Å²) >= 11 is 0. The molecule has 0 saturated carbocycles. The van der Waals surface area contributed by atoms with E-state index in [9.17, 15) is 0 Å². The first-order chi connectivity index (χ1) is 16.1. The summed E-state index contributed by atoms with van der Waals surface area (Å²) in [7, 11) is 0. The van der Waals surface area contributed by atoms with E-state index in [1.807, 2.05) is 24.3 Å². The minimum atomic E-state index is -1.83. The number of carbonyl (C=O) groups is 1. The van der Waals surface area contributed by atoms with Gasteiger partial charge in [-0.3, -0.25) is 0 Å². The van der Waals surface area contributed by atoms with E-state index >= 15 is 0 Å². The number of aryl methyl sites for hydroxylation is 2. The highest BCUT2D eigenvalue weighted by atomic mass is 16.6. The summed E-state index contributed by atoms with van der Waals surface area (Å²) < 4.78 is 0. The monoisotopic (exact) mass is 474 g/mol. The van der Waals surface area contributed by atoms with Crippen molar-refractivity contribution < 1.29 is 25.2 Å². The largest absolute Gasteiger partial charge is 0.508 e. The van der Waals surface area contributed by atoms with Crippen LogP contribution in [0.1, 0.15) is 90.2 Å². The van der Waals surface area contributed by atoms with E-state index in [0.717, 1.165) is 24.7 Å². The number of hydrogen-bond acceptors (Lipinski definition) is 3. The van der Waals surface area contributed by atoms with Gasteiger partial charge in [0.1, 0.15) is 11.5 Å². The zero-order valence-corrected chi connectivity index (χ0v) is 21.5. The van der Waals surface area contributed by atoms with E-state index in [-0.39, 0.29) is 0 Å². The molecule has 5 heteroatoms. The van der Waals surface area contributed by atoms with Crippen molar-refractivity contribution in [3.63, 3.8) is 0 Å². The maximum Gasteiger partial charge on any atom is 0.503 e. The van der Waals surface area contributed by atoms with Crippen LogP contribution in [0.25, 0.3) is 0 Å². The first-order valence-electron chi connectivity index (χ1n) is 12.6. The molecule has 0 amide bonds. The molecule has 0 saturated heterocycles. The Labute approximate surface area is 206 Å². The maximum atomic E-state index is 9.13. The molecule has 2 aromatic carbocycles. The van der Waals surface area contributed by atoms with Gasteiger partial charge in [-0.05, 0) is 72.9 Å². The highest BCUT2D eigenvalue weighted by Gasteiger charge is 1.97. The van der Waals surface area contributed by atoms with E-state index < -0.39 is 6.16 Å². The summed E-state index contributed by atoms with van der Waals surface area (Å²) in [5.41, 5.74) is 2.66. The van der Waals surface area contributed by atoms with Crippen molar-refractivity contribution in [1.29, 1.82) is 0 Å². The Morgan fingerprint density at radius 2 is 0.882 bits per heavy atom. The average molecular weight is 475 g/mol. The second kappa shape index (κ2) is 19.7. The van der Waals surface area contributed by atoms with Crippen LogP contribution in [-0.4, -0.2) is 26.6 Å². The Morgan fingerprint density at radius 3 is 1.15 bits per heavy atom. The molecule has 0 aliphatic carbocycles. The molecule has 5 nitrogen and oxygen atoms in total. The molecule has 0 aliphatic rings. The summed E-state index contributed by atoms with van der Waals surface area (Å²) in [6.45, 7) is 9.11. The Kier molecular flexibility index (Phi) is 18.2. The van der Waals surface area contributed by atoms with E-state index in [0.29, 0.717) is 11.5 Å². The lowest BCUT2D eigenvalue weighted by Gasteiger charge is -2.04. The highest BCUT2D eigenvalue weighted by Crippen LogP contribution is 2.15. The average Bonchev–Trinajstić information content (AvgIpc) is 2.75. The van der Waals surface area contributed by atoms with Crippen LogP contribution in [0.5, 0.6) is 11.5 Å². The Hall–Kier alpha value is -2.69. The second-order valence-electron chi connectivity index (χ2n) is 9.60. The summed E-state index contributed by atoms with van der Waals surface area (Å²) in [4.78, 5) is 8.56. The molecular weight excluding hydrogens is 428 g/mol. The van der Waals surface area contributed by atoms with Gasteiger partial charge in [-0.2, -0.15) is 0 Å². The van der Waals surface area contributed by atoms with Gasteiger partial charge in [0.05, 0.1) is 0 Å². The summed E-state index contributed by atoms with van der Waals surface area (Å²) in [6.07, 6.45) is 11.0. The van der Waals surface area contributed by atoms with Crippen molar-refractivity contribution in [2.45, 2.75) is 91.9 Å². The standard InChI is InChI=1S/2C14H22O.CH2O3/c2*1-12(2)6-4-3-5-7-13-8-10-14(15)11-9-13;2-1(3)4/h2*8-12,15H,3-7H2,1-2H3;(H2,2,3,4). The van der Waals surface area contributed by atoms with Gasteiger partial charge in [-0.15, -0.1) is 0 Å². The smallest absolute Gasteiger partial charge is 0.503 e. The third-order valence-electron chi connectivity index (χ3n) is 5.37. The van der Waals surface area contributed by atoms with Gasteiger partial charge in [0.25, 0.3) is 0 Å². The summed E-state index contributed by atoms with van der Waals surface area (Å²) in [6, 6.07) is 15.1. The molecule has 34 heavy (non-hydrogen) atoms. The minimum Gasteiger partial charge on any atom is -0.508 e. The molecule has 0 aliphatic heterocycles. The van der Waals surface area contributed by atoms with Gasteiger partial charge in [0.15, 0.2) is 0 Å². The molecule has 0 fully saturated rings. The number of aromatic hydroxyl groups is 2. The molecule has 0 radical (unpaired) electrons. The zero-order chi connectivity index (χ0) is 25.8. The highest BCUT2D eigenvalue weighted by molar-refractivity contribution is 5.53. The van der Waals surface area contributed by atoms with Crippen molar-refractivity contribution in [1.82, 2.24) is 0 Å². The van der Waals surface area contributed by atoms with Crippen molar-refractivity contribution in [2.75, 3.05) is 0 Å². The Balaban J connectivity index is 0.000000554. The molecule has 0 bridgehead atoms. The van der Waals surface area contributed by atoms with E-state index in [2.05, 4.69) is 27.7 Å². The third kappa shape index (κ3) is 21.2. The fourth-order valence-corrected chi connectivity index (χ4v) is 3.44. The van der Waals surface area contributed by atoms with Gasteiger partial charge in [-0.25, -0.2) is 4.79 Å². The number of benzene rings is 2. The third-order valence-corrected chi connectivity index (χ3v) is 5.37. The van der Waals surface area contributed by atoms with Crippen LogP contribution in [0, 0.1) is 11.8 Å². The van der Waals surface area contributed by atoms with E-state index in [1.54, 1.807) is 24.3 Å². The first-order valence-corrected chi connectivity index (χ1v) is 12.6. The first kappa shape index (κ1) is 31.3. The minimum absolute atomic E-state index is 0.360. The van der Waals surface area contributed by atoms with Crippen LogP contribution in [0.4, 0.5) is 4.79 Å². The number of rotatable bonds is 12. The molecule has 192 valence electrons. The normalized spacial score (nSPS) is 10.3. The molecule has 2 aromatic rings. The van der Waals surface area contributed by atoms with Gasteiger partial charge in [0, 0.05) is 0 Å². The number of phenolic OH excluding ortho intramolecular Hbond substituents is 2. The quantitative estimate of drug-likeness (QED) is 0.231. The molecule has 0 atom stereocenters.